The lowest BCUT2D eigenvalue weighted by molar-refractivity contribution is 0.880. The summed E-state index contributed by atoms with van der Waals surface area (Å²) < 4.78 is 1.97. The van der Waals surface area contributed by atoms with Crippen molar-refractivity contribution in [1.29, 1.82) is 0 Å². The van der Waals surface area contributed by atoms with E-state index in [2.05, 4.69) is 11.9 Å². The number of allylic oxidation sites excluding steroid dienone is 2. The van der Waals surface area contributed by atoms with E-state index in [0.29, 0.717) is 0 Å². The fourth-order valence-corrected chi connectivity index (χ4v) is 1.51. The number of hydrogen-bond acceptors (Lipinski definition) is 1. The van der Waals surface area contributed by atoms with Gasteiger partial charge in [-0.3, -0.25) is 0 Å². The lowest BCUT2D eigenvalue weighted by atomic mass is 10.2. The van der Waals surface area contributed by atoms with E-state index in [1.54, 1.807) is 6.33 Å². The maximum absolute atomic E-state index is 6.19. The molecule has 0 aromatic carbocycles. The van der Waals surface area contributed by atoms with E-state index in [1.807, 2.05) is 37.6 Å². The highest BCUT2D eigenvalue weighted by Gasteiger charge is 1.96. The summed E-state index contributed by atoms with van der Waals surface area (Å²) >= 11 is 6.19. The molecule has 0 aliphatic rings. The summed E-state index contributed by atoms with van der Waals surface area (Å²) in [6.45, 7) is 6.12. The van der Waals surface area contributed by atoms with Crippen LogP contribution in [0.25, 0.3) is 12.2 Å². The highest BCUT2D eigenvalue weighted by Crippen LogP contribution is 2.12. The van der Waals surface area contributed by atoms with Crippen LogP contribution in [-0.4, -0.2) is 9.55 Å². The third-order valence-corrected chi connectivity index (χ3v) is 2.92. The van der Waals surface area contributed by atoms with E-state index in [9.17, 15) is 0 Å². The second kappa shape index (κ2) is 5.17. The minimum absolute atomic E-state index is 0.809. The minimum atomic E-state index is 0.809. The van der Waals surface area contributed by atoms with E-state index in [-0.39, 0.29) is 0 Å². The molecule has 0 bridgehead atoms. The number of imidazole rings is 1. The van der Waals surface area contributed by atoms with Gasteiger partial charge in [-0.1, -0.05) is 30.2 Å². The summed E-state index contributed by atoms with van der Waals surface area (Å²) in [5.41, 5.74) is 1.19. The van der Waals surface area contributed by atoms with Gasteiger partial charge in [-0.2, -0.15) is 0 Å². The molecule has 0 unspecified atom stereocenters. The van der Waals surface area contributed by atoms with Crippen molar-refractivity contribution in [2.45, 2.75) is 27.2 Å². The number of aromatic nitrogens is 2. The van der Waals surface area contributed by atoms with Gasteiger partial charge in [0, 0.05) is 12.1 Å². The van der Waals surface area contributed by atoms with Gasteiger partial charge in [0.05, 0.1) is 17.0 Å². The van der Waals surface area contributed by atoms with Crippen LogP contribution in [0.1, 0.15) is 27.2 Å². The summed E-state index contributed by atoms with van der Waals surface area (Å²) in [7, 11) is 1.97. The van der Waals surface area contributed by atoms with Crippen molar-refractivity contribution in [3.8, 4) is 0 Å². The average molecular weight is 225 g/mol. The molecule has 0 N–H and O–H groups in total. The molecular formula is C12H17ClN2. The highest BCUT2D eigenvalue weighted by molar-refractivity contribution is 6.34. The molecule has 0 spiro atoms. The Morgan fingerprint density at radius 3 is 2.80 bits per heavy atom. The van der Waals surface area contributed by atoms with Gasteiger partial charge in [-0.25, -0.2) is 4.98 Å². The lowest BCUT2D eigenvalue weighted by Gasteiger charge is -1.97. The normalized spacial score (nSPS) is 15.8. The molecule has 1 aromatic rings. The van der Waals surface area contributed by atoms with Crippen LogP contribution in [0.15, 0.2) is 16.9 Å². The first-order valence-corrected chi connectivity index (χ1v) is 5.48. The molecule has 3 heteroatoms. The van der Waals surface area contributed by atoms with Crippen LogP contribution in [-0.2, 0) is 7.05 Å². The Bertz CT molecular complexity index is 480. The van der Waals surface area contributed by atoms with Crippen molar-refractivity contribution in [3.05, 3.63) is 27.6 Å². The van der Waals surface area contributed by atoms with Gasteiger partial charge >= 0.3 is 0 Å². The number of hydrogen-bond donors (Lipinski definition) is 0. The first-order chi connectivity index (χ1) is 7.10. The molecule has 0 aliphatic carbocycles. The van der Waals surface area contributed by atoms with Gasteiger partial charge < -0.3 is 4.57 Å². The van der Waals surface area contributed by atoms with Gasteiger partial charge in [0.2, 0.25) is 0 Å². The molecule has 0 saturated carbocycles. The quantitative estimate of drug-likeness (QED) is 0.751. The molecule has 1 rings (SSSR count). The van der Waals surface area contributed by atoms with Crippen molar-refractivity contribution in [3.63, 3.8) is 0 Å². The maximum atomic E-state index is 6.19. The average Bonchev–Trinajstić information content (AvgIpc) is 2.59. The zero-order valence-corrected chi connectivity index (χ0v) is 10.5. The Morgan fingerprint density at radius 1 is 1.60 bits per heavy atom. The standard InChI is InChI=1S/C12H17ClN2/c1-5-9(3)10(13)7-12-11(6-2)14-8-15(12)4/h6-8H,5H2,1-4H3. The van der Waals surface area contributed by atoms with Gasteiger partial charge in [-0.15, -0.1) is 0 Å². The van der Waals surface area contributed by atoms with Crippen LogP contribution < -0.4 is 10.7 Å². The monoisotopic (exact) mass is 224 g/mol. The first-order valence-electron chi connectivity index (χ1n) is 5.10. The van der Waals surface area contributed by atoms with Crippen LogP contribution in [0.4, 0.5) is 0 Å². The number of nitrogens with zero attached hydrogens (tertiary/aromatic N) is 2. The largest absolute Gasteiger partial charge is 0.334 e. The molecule has 0 atom stereocenters. The summed E-state index contributed by atoms with van der Waals surface area (Å²) in [6, 6.07) is 0. The Kier molecular flexibility index (Phi) is 4.15. The number of aryl methyl sites for hydroxylation is 1. The van der Waals surface area contributed by atoms with Crippen molar-refractivity contribution < 1.29 is 0 Å². The van der Waals surface area contributed by atoms with Crippen molar-refractivity contribution in [2.24, 2.45) is 7.05 Å². The maximum Gasteiger partial charge on any atom is 0.0955 e. The Balaban J connectivity index is 3.40. The zero-order valence-electron chi connectivity index (χ0n) is 9.71. The highest BCUT2D eigenvalue weighted by atomic mass is 35.5. The van der Waals surface area contributed by atoms with Crippen LogP contribution >= 0.6 is 11.6 Å². The topological polar surface area (TPSA) is 17.8 Å². The smallest absolute Gasteiger partial charge is 0.0955 e. The second-order valence-electron chi connectivity index (χ2n) is 3.54. The Morgan fingerprint density at radius 2 is 2.27 bits per heavy atom. The van der Waals surface area contributed by atoms with Crippen LogP contribution in [0.3, 0.4) is 0 Å². The second-order valence-corrected chi connectivity index (χ2v) is 3.95. The molecule has 0 fully saturated rings. The molecule has 0 amide bonds. The van der Waals surface area contributed by atoms with Crippen molar-refractivity contribution in [2.75, 3.05) is 0 Å². The predicted octanol–water partition coefficient (Wildman–Crippen LogP) is 1.92. The van der Waals surface area contributed by atoms with Gasteiger partial charge in [-0.05, 0) is 26.3 Å². The van der Waals surface area contributed by atoms with E-state index >= 15 is 0 Å². The SMILES string of the molecule is CC=c1ncn(C)c1=CC(Cl)=C(C)CC. The van der Waals surface area contributed by atoms with Gasteiger partial charge in [0.1, 0.15) is 0 Å². The molecular weight excluding hydrogens is 208 g/mol. The number of halogens is 1. The molecule has 1 aromatic heterocycles. The van der Waals surface area contributed by atoms with E-state index in [1.165, 1.54) is 5.57 Å². The summed E-state index contributed by atoms with van der Waals surface area (Å²) in [4.78, 5) is 4.27. The number of rotatable bonds is 2. The lowest BCUT2D eigenvalue weighted by Crippen LogP contribution is -2.28. The van der Waals surface area contributed by atoms with Crippen LogP contribution in [0.2, 0.25) is 0 Å². The van der Waals surface area contributed by atoms with E-state index < -0.39 is 0 Å². The minimum Gasteiger partial charge on any atom is -0.334 e. The fourth-order valence-electron chi connectivity index (χ4n) is 1.27. The molecule has 0 aliphatic heterocycles. The molecule has 0 radical (unpaired) electrons. The summed E-state index contributed by atoms with van der Waals surface area (Å²) in [5, 5.41) is 2.83. The van der Waals surface area contributed by atoms with Crippen molar-refractivity contribution >= 4 is 23.8 Å². The Hall–Kier alpha value is -1.02. The third kappa shape index (κ3) is 2.72. The van der Waals surface area contributed by atoms with Gasteiger partial charge in [0.15, 0.2) is 0 Å². The Labute approximate surface area is 95.6 Å². The van der Waals surface area contributed by atoms with Gasteiger partial charge in [0.25, 0.3) is 0 Å². The van der Waals surface area contributed by atoms with E-state index in [0.717, 1.165) is 22.2 Å². The molecule has 0 saturated heterocycles. The summed E-state index contributed by atoms with van der Waals surface area (Å²) in [5.74, 6) is 0. The predicted molar refractivity (Wildman–Crippen MR) is 65.9 cm³/mol. The van der Waals surface area contributed by atoms with Crippen LogP contribution in [0.5, 0.6) is 0 Å². The molecule has 15 heavy (non-hydrogen) atoms. The molecule has 82 valence electrons. The van der Waals surface area contributed by atoms with Crippen LogP contribution in [0, 0.1) is 0 Å². The third-order valence-electron chi connectivity index (χ3n) is 2.49. The summed E-state index contributed by atoms with van der Waals surface area (Å²) in [6.07, 6.45) is 6.73. The first kappa shape index (κ1) is 12.1. The fraction of sp³-hybridized carbons (Fsp3) is 0.417. The van der Waals surface area contributed by atoms with Crippen molar-refractivity contribution in [1.82, 2.24) is 9.55 Å². The van der Waals surface area contributed by atoms with E-state index in [4.69, 9.17) is 11.6 Å². The zero-order chi connectivity index (χ0) is 11.4. The molecule has 2 nitrogen and oxygen atoms in total. The molecule has 1 heterocycles.